The van der Waals surface area contributed by atoms with E-state index in [2.05, 4.69) is 14.5 Å². The van der Waals surface area contributed by atoms with E-state index in [1.165, 1.54) is 6.33 Å². The molecule has 7 heteroatoms. The standard InChI is InChI=1S/C16H21ClN4O2/c1-16(2,3)23-15(22)21-6-4-11(9-21)8-20-7-5-12-13(17)18-10-19-14(12)20/h5,7,10-11H,4,6,8-9H2,1-3H3/t11-/m0/s1. The van der Waals surface area contributed by atoms with Crippen LogP contribution >= 0.6 is 11.6 Å². The molecular formula is C16H21ClN4O2. The molecule has 3 heterocycles. The lowest BCUT2D eigenvalue weighted by Crippen LogP contribution is -2.35. The molecule has 0 radical (unpaired) electrons. The normalized spacial score (nSPS) is 18.6. The summed E-state index contributed by atoms with van der Waals surface area (Å²) >= 11 is 6.08. The Labute approximate surface area is 140 Å². The van der Waals surface area contributed by atoms with Gasteiger partial charge in [0.1, 0.15) is 22.7 Å². The van der Waals surface area contributed by atoms with Gasteiger partial charge in [-0.15, -0.1) is 0 Å². The molecule has 6 nitrogen and oxygen atoms in total. The number of fused-ring (bicyclic) bond motifs is 1. The van der Waals surface area contributed by atoms with Gasteiger partial charge in [-0.25, -0.2) is 14.8 Å². The second-order valence-electron chi connectivity index (χ2n) is 6.95. The Bertz CT molecular complexity index is 722. The lowest BCUT2D eigenvalue weighted by Gasteiger charge is -2.24. The fourth-order valence-electron chi connectivity index (χ4n) is 2.87. The highest BCUT2D eigenvalue weighted by Crippen LogP contribution is 2.25. The van der Waals surface area contributed by atoms with Crippen molar-refractivity contribution in [3.63, 3.8) is 0 Å². The zero-order valence-corrected chi connectivity index (χ0v) is 14.4. The third-order valence-electron chi connectivity index (χ3n) is 3.90. The molecule has 1 aliphatic rings. The molecule has 0 aromatic carbocycles. The van der Waals surface area contributed by atoms with Crippen molar-refractivity contribution in [2.75, 3.05) is 13.1 Å². The SMILES string of the molecule is CC(C)(C)OC(=O)N1CC[C@@H](Cn2ccc3c(Cl)ncnc32)C1. The number of carbonyl (C=O) groups is 1. The van der Waals surface area contributed by atoms with Crippen LogP contribution in [0, 0.1) is 5.92 Å². The first-order valence-electron chi connectivity index (χ1n) is 7.77. The van der Waals surface area contributed by atoms with Crippen LogP contribution in [-0.2, 0) is 11.3 Å². The summed E-state index contributed by atoms with van der Waals surface area (Å²) in [5.41, 5.74) is 0.375. The number of amides is 1. The Morgan fingerprint density at radius 1 is 1.43 bits per heavy atom. The molecule has 0 bridgehead atoms. The van der Waals surface area contributed by atoms with E-state index in [9.17, 15) is 4.79 Å². The molecule has 0 unspecified atom stereocenters. The van der Waals surface area contributed by atoms with Gasteiger partial charge in [-0.2, -0.15) is 0 Å². The van der Waals surface area contributed by atoms with E-state index in [0.717, 1.165) is 30.5 Å². The predicted molar refractivity (Wildman–Crippen MR) is 88.5 cm³/mol. The predicted octanol–water partition coefficient (Wildman–Crippen LogP) is 3.34. The van der Waals surface area contributed by atoms with E-state index >= 15 is 0 Å². The van der Waals surface area contributed by atoms with E-state index in [1.807, 2.05) is 33.0 Å². The number of nitrogens with zero attached hydrogens (tertiary/aromatic N) is 4. The van der Waals surface area contributed by atoms with Crippen LogP contribution in [0.3, 0.4) is 0 Å². The van der Waals surface area contributed by atoms with Crippen molar-refractivity contribution >= 4 is 28.7 Å². The average Bonchev–Trinajstić information content (AvgIpc) is 3.06. The molecule has 1 atom stereocenters. The van der Waals surface area contributed by atoms with E-state index in [-0.39, 0.29) is 6.09 Å². The minimum absolute atomic E-state index is 0.234. The molecule has 1 saturated heterocycles. The Kier molecular flexibility index (Phi) is 4.19. The van der Waals surface area contributed by atoms with E-state index < -0.39 is 5.60 Å². The van der Waals surface area contributed by atoms with Gasteiger partial charge in [-0.1, -0.05) is 11.6 Å². The van der Waals surface area contributed by atoms with Gasteiger partial charge < -0.3 is 14.2 Å². The van der Waals surface area contributed by atoms with E-state index in [0.29, 0.717) is 17.6 Å². The number of hydrogen-bond donors (Lipinski definition) is 0. The van der Waals surface area contributed by atoms with Crippen LogP contribution in [0.2, 0.25) is 5.15 Å². The third kappa shape index (κ3) is 3.58. The molecule has 2 aromatic heterocycles. The second kappa shape index (κ2) is 6.00. The first kappa shape index (κ1) is 16.1. The van der Waals surface area contributed by atoms with Crippen molar-refractivity contribution in [1.29, 1.82) is 0 Å². The summed E-state index contributed by atoms with van der Waals surface area (Å²) in [7, 11) is 0. The summed E-state index contributed by atoms with van der Waals surface area (Å²) in [6, 6.07) is 1.93. The summed E-state index contributed by atoms with van der Waals surface area (Å²) < 4.78 is 7.51. The van der Waals surface area contributed by atoms with Gasteiger partial charge in [0.25, 0.3) is 0 Å². The number of hydrogen-bond acceptors (Lipinski definition) is 4. The fourth-order valence-corrected chi connectivity index (χ4v) is 3.06. The molecule has 3 rings (SSSR count). The second-order valence-corrected chi connectivity index (χ2v) is 7.31. The Balaban J connectivity index is 1.66. The van der Waals surface area contributed by atoms with E-state index in [1.54, 1.807) is 4.90 Å². The maximum absolute atomic E-state index is 12.1. The smallest absolute Gasteiger partial charge is 0.410 e. The van der Waals surface area contributed by atoms with Crippen LogP contribution in [0.5, 0.6) is 0 Å². The molecule has 124 valence electrons. The lowest BCUT2D eigenvalue weighted by molar-refractivity contribution is 0.0287. The minimum atomic E-state index is -0.459. The average molecular weight is 337 g/mol. The van der Waals surface area contributed by atoms with Crippen LogP contribution in [-0.4, -0.2) is 44.2 Å². The maximum Gasteiger partial charge on any atom is 0.410 e. The van der Waals surface area contributed by atoms with Crippen LogP contribution in [0.15, 0.2) is 18.6 Å². The lowest BCUT2D eigenvalue weighted by atomic mass is 10.1. The first-order chi connectivity index (χ1) is 10.8. The highest BCUT2D eigenvalue weighted by Gasteiger charge is 2.30. The maximum atomic E-state index is 12.1. The van der Waals surface area contributed by atoms with Crippen LogP contribution < -0.4 is 0 Å². The molecule has 1 fully saturated rings. The Morgan fingerprint density at radius 2 is 2.22 bits per heavy atom. The van der Waals surface area contributed by atoms with Gasteiger partial charge in [0.2, 0.25) is 0 Å². The Hall–Kier alpha value is -1.82. The number of ether oxygens (including phenoxy) is 1. The van der Waals surface area contributed by atoms with Gasteiger partial charge >= 0.3 is 6.09 Å². The zero-order chi connectivity index (χ0) is 16.6. The van der Waals surface area contributed by atoms with E-state index in [4.69, 9.17) is 16.3 Å². The summed E-state index contributed by atoms with van der Waals surface area (Å²) in [5.74, 6) is 0.381. The summed E-state index contributed by atoms with van der Waals surface area (Å²) in [6.07, 6.45) is 4.17. The number of aromatic nitrogens is 3. The topological polar surface area (TPSA) is 60.2 Å². The summed E-state index contributed by atoms with van der Waals surface area (Å²) in [5, 5.41) is 1.33. The van der Waals surface area contributed by atoms with Crippen molar-refractivity contribution in [3.05, 3.63) is 23.7 Å². The van der Waals surface area contributed by atoms with Crippen LogP contribution in [0.25, 0.3) is 11.0 Å². The summed E-state index contributed by atoms with van der Waals surface area (Å²) in [6.45, 7) is 7.88. The van der Waals surface area contributed by atoms with Gasteiger partial charge in [-0.3, -0.25) is 0 Å². The number of likely N-dealkylation sites (tertiary alicyclic amines) is 1. The number of carbonyl (C=O) groups excluding carboxylic acids is 1. The highest BCUT2D eigenvalue weighted by atomic mass is 35.5. The molecule has 1 aliphatic heterocycles. The van der Waals surface area contributed by atoms with Gasteiger partial charge in [0, 0.05) is 25.8 Å². The molecule has 0 N–H and O–H groups in total. The van der Waals surface area contributed by atoms with Crippen molar-refractivity contribution in [2.24, 2.45) is 5.92 Å². The number of rotatable bonds is 2. The van der Waals surface area contributed by atoms with Crippen LogP contribution in [0.4, 0.5) is 4.79 Å². The van der Waals surface area contributed by atoms with Gasteiger partial charge in [0.15, 0.2) is 0 Å². The molecule has 0 aliphatic carbocycles. The van der Waals surface area contributed by atoms with Crippen molar-refractivity contribution in [3.8, 4) is 0 Å². The van der Waals surface area contributed by atoms with Gasteiger partial charge in [0.05, 0.1) is 5.39 Å². The summed E-state index contributed by atoms with van der Waals surface area (Å²) in [4.78, 5) is 22.2. The molecule has 23 heavy (non-hydrogen) atoms. The molecule has 0 saturated carbocycles. The zero-order valence-electron chi connectivity index (χ0n) is 13.6. The molecule has 0 spiro atoms. The van der Waals surface area contributed by atoms with Crippen LogP contribution in [0.1, 0.15) is 27.2 Å². The largest absolute Gasteiger partial charge is 0.444 e. The monoisotopic (exact) mass is 336 g/mol. The van der Waals surface area contributed by atoms with Crippen molar-refractivity contribution in [2.45, 2.75) is 39.3 Å². The highest BCUT2D eigenvalue weighted by molar-refractivity contribution is 6.33. The minimum Gasteiger partial charge on any atom is -0.444 e. The van der Waals surface area contributed by atoms with Crippen molar-refractivity contribution < 1.29 is 9.53 Å². The molecule has 2 aromatic rings. The van der Waals surface area contributed by atoms with Gasteiger partial charge in [-0.05, 0) is 39.2 Å². The number of halogens is 1. The Morgan fingerprint density at radius 3 is 2.96 bits per heavy atom. The first-order valence-corrected chi connectivity index (χ1v) is 8.14. The quantitative estimate of drug-likeness (QED) is 0.789. The fraction of sp³-hybridized carbons (Fsp3) is 0.562. The molecular weight excluding hydrogens is 316 g/mol. The van der Waals surface area contributed by atoms with Crippen molar-refractivity contribution in [1.82, 2.24) is 19.4 Å². The third-order valence-corrected chi connectivity index (χ3v) is 4.20. The molecule has 1 amide bonds.